The second kappa shape index (κ2) is 5.61. The smallest absolute Gasteiger partial charge is 0.259 e. The molecule has 0 amide bonds. The number of nitrogens with one attached hydrogen (secondary N) is 1. The number of nitrogens with zero attached hydrogens (tertiary/aromatic N) is 2. The van der Waals surface area contributed by atoms with Gasteiger partial charge in [-0.05, 0) is 12.1 Å². The highest BCUT2D eigenvalue weighted by atomic mass is 19.4. The molecule has 1 saturated heterocycles. The molecular weight excluding hydrogens is 281 g/mol. The minimum absolute atomic E-state index is 0.202. The summed E-state index contributed by atoms with van der Waals surface area (Å²) in [7, 11) is 0. The summed E-state index contributed by atoms with van der Waals surface area (Å²) in [5.41, 5.74) is 2.51. The van der Waals surface area contributed by atoms with E-state index in [1.54, 1.807) is 5.01 Å². The molecule has 1 aliphatic rings. The number of rotatable bonds is 3. The first-order valence-electron chi connectivity index (χ1n) is 6.15. The van der Waals surface area contributed by atoms with Crippen molar-refractivity contribution in [3.8, 4) is 0 Å². The number of piperidine rings is 1. The van der Waals surface area contributed by atoms with E-state index in [2.05, 4.69) is 10.4 Å². The summed E-state index contributed by atoms with van der Waals surface area (Å²) in [6.07, 6.45) is -4.08. The normalized spacial score (nSPS) is 20.1. The van der Waals surface area contributed by atoms with E-state index in [9.17, 15) is 22.0 Å². The van der Waals surface area contributed by atoms with Crippen LogP contribution in [0.4, 0.5) is 22.0 Å². The van der Waals surface area contributed by atoms with Crippen molar-refractivity contribution in [2.75, 3.05) is 13.1 Å². The van der Waals surface area contributed by atoms with Crippen molar-refractivity contribution in [1.82, 2.24) is 15.4 Å². The van der Waals surface area contributed by atoms with Crippen LogP contribution in [0.2, 0.25) is 0 Å². The van der Waals surface area contributed by atoms with Crippen molar-refractivity contribution in [2.45, 2.75) is 31.5 Å². The van der Waals surface area contributed by atoms with Crippen molar-refractivity contribution in [2.24, 2.45) is 0 Å². The highest BCUT2D eigenvalue weighted by Gasteiger charge is 2.34. The van der Waals surface area contributed by atoms with Crippen LogP contribution in [-0.2, 0) is 12.7 Å². The van der Waals surface area contributed by atoms with Gasteiger partial charge < -0.3 is 0 Å². The third kappa shape index (κ3) is 4.11. The molecule has 1 aromatic rings. The van der Waals surface area contributed by atoms with Crippen LogP contribution in [0, 0.1) is 0 Å². The maximum atomic E-state index is 12.9. The summed E-state index contributed by atoms with van der Waals surface area (Å²) >= 11 is 0. The van der Waals surface area contributed by atoms with Gasteiger partial charge in [0.25, 0.3) is 5.92 Å². The van der Waals surface area contributed by atoms with Gasteiger partial charge in [0.15, 0.2) is 0 Å². The van der Waals surface area contributed by atoms with Crippen LogP contribution in [0.5, 0.6) is 0 Å². The van der Waals surface area contributed by atoms with Crippen molar-refractivity contribution in [3.05, 3.63) is 29.6 Å². The van der Waals surface area contributed by atoms with E-state index in [0.717, 1.165) is 12.3 Å². The molecule has 0 aliphatic carbocycles. The van der Waals surface area contributed by atoms with Crippen LogP contribution < -0.4 is 5.43 Å². The zero-order chi connectivity index (χ0) is 14.8. The first-order valence-corrected chi connectivity index (χ1v) is 6.15. The quantitative estimate of drug-likeness (QED) is 0.869. The third-order valence-electron chi connectivity index (χ3n) is 3.13. The monoisotopic (exact) mass is 295 g/mol. The Labute approximate surface area is 112 Å². The minimum Gasteiger partial charge on any atom is -0.259 e. The minimum atomic E-state index is -4.41. The molecule has 0 radical (unpaired) electrons. The van der Waals surface area contributed by atoms with Gasteiger partial charge in [-0.2, -0.15) is 13.2 Å². The lowest BCUT2D eigenvalue weighted by atomic mass is 10.1. The molecule has 8 heteroatoms. The summed E-state index contributed by atoms with van der Waals surface area (Å²) < 4.78 is 62.9. The first kappa shape index (κ1) is 15.1. The molecule has 2 heterocycles. The molecule has 0 saturated carbocycles. The molecule has 2 rings (SSSR count). The molecule has 1 fully saturated rings. The lowest BCUT2D eigenvalue weighted by molar-refractivity contribution is -0.137. The van der Waals surface area contributed by atoms with Crippen LogP contribution in [0.15, 0.2) is 18.3 Å². The molecule has 0 unspecified atom stereocenters. The summed E-state index contributed by atoms with van der Waals surface area (Å²) in [5.74, 6) is -2.62. The highest BCUT2D eigenvalue weighted by molar-refractivity contribution is 5.16. The Hall–Kier alpha value is -1.28. The van der Waals surface area contributed by atoms with Crippen LogP contribution in [0.25, 0.3) is 0 Å². The lowest BCUT2D eigenvalue weighted by Gasteiger charge is -2.31. The maximum absolute atomic E-state index is 12.9. The van der Waals surface area contributed by atoms with Crippen molar-refractivity contribution in [1.29, 1.82) is 0 Å². The zero-order valence-electron chi connectivity index (χ0n) is 10.6. The van der Waals surface area contributed by atoms with E-state index in [4.69, 9.17) is 0 Å². The average Bonchev–Trinajstić information content (AvgIpc) is 2.37. The van der Waals surface area contributed by atoms with Crippen molar-refractivity contribution >= 4 is 0 Å². The molecule has 20 heavy (non-hydrogen) atoms. The molecular formula is C12H14F5N3. The van der Waals surface area contributed by atoms with E-state index in [1.165, 1.54) is 6.07 Å². The van der Waals surface area contributed by atoms with Crippen LogP contribution in [0.3, 0.4) is 0 Å². The van der Waals surface area contributed by atoms with E-state index in [0.29, 0.717) is 5.69 Å². The van der Waals surface area contributed by atoms with E-state index in [-0.39, 0.29) is 32.5 Å². The first-order chi connectivity index (χ1) is 9.26. The van der Waals surface area contributed by atoms with Gasteiger partial charge in [-0.3, -0.25) is 4.98 Å². The Bertz CT molecular complexity index is 433. The van der Waals surface area contributed by atoms with Gasteiger partial charge in [-0.25, -0.2) is 19.2 Å². The molecule has 1 N–H and O–H groups in total. The van der Waals surface area contributed by atoms with Crippen molar-refractivity contribution < 1.29 is 22.0 Å². The van der Waals surface area contributed by atoms with Gasteiger partial charge in [-0.15, -0.1) is 0 Å². The molecule has 1 aliphatic heterocycles. The van der Waals surface area contributed by atoms with Gasteiger partial charge in [0.1, 0.15) is 0 Å². The van der Waals surface area contributed by atoms with Gasteiger partial charge in [-0.1, -0.05) is 0 Å². The number of alkyl halides is 5. The molecule has 3 nitrogen and oxygen atoms in total. The Morgan fingerprint density at radius 3 is 2.35 bits per heavy atom. The Balaban J connectivity index is 1.83. The topological polar surface area (TPSA) is 28.2 Å². The fourth-order valence-corrected chi connectivity index (χ4v) is 1.88. The Morgan fingerprint density at radius 2 is 1.85 bits per heavy atom. The lowest BCUT2D eigenvalue weighted by Crippen LogP contribution is -2.46. The van der Waals surface area contributed by atoms with E-state index in [1.807, 2.05) is 0 Å². The van der Waals surface area contributed by atoms with Gasteiger partial charge in [0.2, 0.25) is 0 Å². The molecule has 1 aromatic heterocycles. The Kier molecular flexibility index (Phi) is 4.24. The third-order valence-corrected chi connectivity index (χ3v) is 3.13. The number of hydrazine groups is 1. The number of hydrogen-bond donors (Lipinski definition) is 1. The molecule has 0 spiro atoms. The fraction of sp³-hybridized carbons (Fsp3) is 0.583. The largest absolute Gasteiger partial charge is 0.417 e. The molecule has 0 aromatic carbocycles. The molecule has 0 bridgehead atoms. The predicted molar refractivity (Wildman–Crippen MR) is 61.8 cm³/mol. The van der Waals surface area contributed by atoms with Gasteiger partial charge in [0, 0.05) is 32.1 Å². The second-order valence-electron chi connectivity index (χ2n) is 4.71. The summed E-state index contributed by atoms with van der Waals surface area (Å²) in [6.45, 7) is 0.616. The predicted octanol–water partition coefficient (Wildman–Crippen LogP) is 2.84. The van der Waals surface area contributed by atoms with Crippen LogP contribution in [-0.4, -0.2) is 29.0 Å². The Morgan fingerprint density at radius 1 is 1.20 bits per heavy atom. The SMILES string of the molecule is FC1(F)CCN(NCc2ccc(C(F)(F)F)cn2)CC1. The maximum Gasteiger partial charge on any atom is 0.417 e. The number of aromatic nitrogens is 1. The summed E-state index contributed by atoms with van der Waals surface area (Å²) in [5, 5.41) is 1.64. The van der Waals surface area contributed by atoms with Crippen molar-refractivity contribution in [3.63, 3.8) is 0 Å². The van der Waals surface area contributed by atoms with Crippen LogP contribution in [0.1, 0.15) is 24.1 Å². The van der Waals surface area contributed by atoms with E-state index < -0.39 is 17.7 Å². The van der Waals surface area contributed by atoms with Gasteiger partial charge >= 0.3 is 6.18 Å². The van der Waals surface area contributed by atoms with Gasteiger partial charge in [0.05, 0.1) is 17.8 Å². The molecule has 112 valence electrons. The standard InChI is InChI=1S/C12H14F5N3/c13-11(14)3-5-20(6-4-11)19-8-10-2-1-9(7-18-10)12(15,16)17/h1-2,7,19H,3-6,8H2. The van der Waals surface area contributed by atoms with Crippen LogP contribution >= 0.6 is 0 Å². The number of pyridine rings is 1. The second-order valence-corrected chi connectivity index (χ2v) is 4.71. The average molecular weight is 295 g/mol. The number of hydrogen-bond acceptors (Lipinski definition) is 3. The summed E-state index contributed by atoms with van der Waals surface area (Å²) in [4.78, 5) is 3.70. The zero-order valence-corrected chi connectivity index (χ0v) is 10.6. The fourth-order valence-electron chi connectivity index (χ4n) is 1.88. The molecule has 0 atom stereocenters. The summed E-state index contributed by atoms with van der Waals surface area (Å²) in [6, 6.07) is 2.22. The highest BCUT2D eigenvalue weighted by Crippen LogP contribution is 2.28. The van der Waals surface area contributed by atoms with E-state index >= 15 is 0 Å². The number of halogens is 5.